The van der Waals surface area contributed by atoms with Crippen molar-refractivity contribution in [2.75, 3.05) is 6.54 Å². The van der Waals surface area contributed by atoms with E-state index in [1.165, 1.54) is 0 Å². The number of aryl methyl sites for hydroxylation is 1. The van der Waals surface area contributed by atoms with Crippen molar-refractivity contribution in [2.24, 2.45) is 0 Å². The molecule has 2 aromatic heterocycles. The number of fused-ring (bicyclic) bond motifs is 1. The predicted molar refractivity (Wildman–Crippen MR) is 90.4 cm³/mol. The van der Waals surface area contributed by atoms with Gasteiger partial charge in [0.2, 0.25) is 0 Å². The number of hydrogen-bond acceptors (Lipinski definition) is 5. The van der Waals surface area contributed by atoms with Crippen molar-refractivity contribution in [3.63, 3.8) is 0 Å². The molecule has 0 aliphatic carbocycles. The van der Waals surface area contributed by atoms with Crippen LogP contribution in [0.25, 0.3) is 11.6 Å². The molecule has 0 radical (unpaired) electrons. The molecule has 0 fully saturated rings. The molecular weight excluding hydrogens is 302 g/mol. The molecule has 24 heavy (non-hydrogen) atoms. The highest BCUT2D eigenvalue weighted by Crippen LogP contribution is 2.25. The summed E-state index contributed by atoms with van der Waals surface area (Å²) >= 11 is 0. The third-order valence-corrected chi connectivity index (χ3v) is 4.38. The Morgan fingerprint density at radius 2 is 2.21 bits per heavy atom. The van der Waals surface area contributed by atoms with Gasteiger partial charge in [0.25, 0.3) is 0 Å². The molecule has 3 aromatic rings. The van der Waals surface area contributed by atoms with Gasteiger partial charge in [-0.25, -0.2) is 9.97 Å². The molecule has 0 spiro atoms. The fraction of sp³-hybridized carbons (Fsp3) is 0.263. The molecule has 1 aliphatic rings. The number of phenolic OH excluding ortho intramolecular Hbond substituents is 1. The van der Waals surface area contributed by atoms with Crippen molar-refractivity contribution in [3.05, 3.63) is 65.2 Å². The Bertz CT molecular complexity index is 859. The molecule has 1 N–H and O–H groups in total. The number of phenols is 1. The van der Waals surface area contributed by atoms with Crippen molar-refractivity contribution < 1.29 is 9.52 Å². The average Bonchev–Trinajstić information content (AvgIpc) is 3.12. The van der Waals surface area contributed by atoms with Crippen LogP contribution in [0.5, 0.6) is 5.75 Å². The van der Waals surface area contributed by atoms with E-state index in [0.717, 1.165) is 48.4 Å². The van der Waals surface area contributed by atoms with E-state index in [1.807, 2.05) is 37.4 Å². The van der Waals surface area contributed by atoms with E-state index < -0.39 is 0 Å². The maximum absolute atomic E-state index is 10.0. The summed E-state index contributed by atoms with van der Waals surface area (Å²) in [4.78, 5) is 11.4. The van der Waals surface area contributed by atoms with Crippen LogP contribution >= 0.6 is 0 Å². The predicted octanol–water partition coefficient (Wildman–Crippen LogP) is 3.31. The van der Waals surface area contributed by atoms with Crippen LogP contribution in [0.3, 0.4) is 0 Å². The molecule has 4 rings (SSSR count). The van der Waals surface area contributed by atoms with Crippen molar-refractivity contribution in [1.82, 2.24) is 14.9 Å². The van der Waals surface area contributed by atoms with Crippen LogP contribution in [0.4, 0.5) is 0 Å². The summed E-state index contributed by atoms with van der Waals surface area (Å²) in [5, 5.41) is 10.0. The lowest BCUT2D eigenvalue weighted by molar-refractivity contribution is 0.240. The van der Waals surface area contributed by atoms with Gasteiger partial charge in [-0.15, -0.1) is 0 Å². The van der Waals surface area contributed by atoms with Crippen LogP contribution in [0.2, 0.25) is 0 Å². The largest absolute Gasteiger partial charge is 0.508 e. The lowest BCUT2D eigenvalue weighted by atomic mass is 10.0. The maximum Gasteiger partial charge on any atom is 0.195 e. The lowest BCUT2D eigenvalue weighted by Gasteiger charge is -2.28. The summed E-state index contributed by atoms with van der Waals surface area (Å²) in [5.41, 5.74) is 4.35. The highest BCUT2D eigenvalue weighted by Gasteiger charge is 2.20. The van der Waals surface area contributed by atoms with Gasteiger partial charge in [0.1, 0.15) is 5.75 Å². The molecule has 0 unspecified atom stereocenters. The van der Waals surface area contributed by atoms with Gasteiger partial charge in [0.15, 0.2) is 11.6 Å². The quantitative estimate of drug-likeness (QED) is 0.802. The molecule has 122 valence electrons. The Morgan fingerprint density at radius 3 is 3.04 bits per heavy atom. The van der Waals surface area contributed by atoms with E-state index in [9.17, 15) is 5.11 Å². The summed E-state index contributed by atoms with van der Waals surface area (Å²) in [6, 6.07) is 9.45. The van der Waals surface area contributed by atoms with Crippen molar-refractivity contribution in [2.45, 2.75) is 26.4 Å². The van der Waals surface area contributed by atoms with E-state index in [0.29, 0.717) is 17.3 Å². The minimum atomic E-state index is 0.357. The van der Waals surface area contributed by atoms with Crippen molar-refractivity contribution >= 4 is 0 Å². The van der Waals surface area contributed by atoms with Gasteiger partial charge in [-0.2, -0.15) is 0 Å². The lowest BCUT2D eigenvalue weighted by Crippen LogP contribution is -2.31. The number of furan rings is 1. The number of rotatable bonds is 3. The molecule has 0 bridgehead atoms. The Labute approximate surface area is 140 Å². The minimum Gasteiger partial charge on any atom is -0.508 e. The van der Waals surface area contributed by atoms with E-state index >= 15 is 0 Å². The summed E-state index contributed by atoms with van der Waals surface area (Å²) in [6.45, 7) is 4.47. The van der Waals surface area contributed by atoms with Gasteiger partial charge in [-0.1, -0.05) is 17.7 Å². The zero-order chi connectivity index (χ0) is 16.5. The highest BCUT2D eigenvalue weighted by molar-refractivity contribution is 5.47. The molecule has 5 heteroatoms. The summed E-state index contributed by atoms with van der Waals surface area (Å²) in [7, 11) is 0. The Kier molecular flexibility index (Phi) is 3.78. The number of hydrogen-bond donors (Lipinski definition) is 1. The first-order chi connectivity index (χ1) is 11.7. The SMILES string of the molecule is Cc1ccc(O)c(CN2CCc3nc(-c4ccco4)ncc3C2)c1. The first-order valence-electron chi connectivity index (χ1n) is 8.08. The van der Waals surface area contributed by atoms with Gasteiger partial charge in [0, 0.05) is 43.4 Å². The third-order valence-electron chi connectivity index (χ3n) is 4.38. The third kappa shape index (κ3) is 2.90. The van der Waals surface area contributed by atoms with Crippen LogP contribution in [-0.2, 0) is 19.5 Å². The minimum absolute atomic E-state index is 0.357. The second-order valence-electron chi connectivity index (χ2n) is 6.24. The molecule has 0 saturated carbocycles. The number of aromatic hydroxyl groups is 1. The fourth-order valence-corrected chi connectivity index (χ4v) is 3.12. The van der Waals surface area contributed by atoms with Crippen LogP contribution in [0.15, 0.2) is 47.2 Å². The molecule has 3 heterocycles. The van der Waals surface area contributed by atoms with Crippen LogP contribution in [0.1, 0.15) is 22.4 Å². The topological polar surface area (TPSA) is 62.4 Å². The van der Waals surface area contributed by atoms with Gasteiger partial charge >= 0.3 is 0 Å². The summed E-state index contributed by atoms with van der Waals surface area (Å²) in [6.07, 6.45) is 4.40. The first-order valence-corrected chi connectivity index (χ1v) is 8.08. The average molecular weight is 321 g/mol. The van der Waals surface area contributed by atoms with Crippen LogP contribution < -0.4 is 0 Å². The van der Waals surface area contributed by atoms with Crippen LogP contribution in [-0.4, -0.2) is 26.5 Å². The van der Waals surface area contributed by atoms with Gasteiger partial charge < -0.3 is 9.52 Å². The number of nitrogens with zero attached hydrogens (tertiary/aromatic N) is 3. The first kappa shape index (κ1) is 14.9. The molecule has 5 nitrogen and oxygen atoms in total. The zero-order valence-corrected chi connectivity index (χ0v) is 13.6. The monoisotopic (exact) mass is 321 g/mol. The molecule has 1 aromatic carbocycles. The van der Waals surface area contributed by atoms with Gasteiger partial charge in [0.05, 0.1) is 12.0 Å². The van der Waals surface area contributed by atoms with Gasteiger partial charge in [-0.3, -0.25) is 4.90 Å². The molecule has 1 aliphatic heterocycles. The molecule has 0 saturated heterocycles. The second-order valence-corrected chi connectivity index (χ2v) is 6.24. The fourth-order valence-electron chi connectivity index (χ4n) is 3.12. The normalized spacial score (nSPS) is 14.5. The van der Waals surface area contributed by atoms with E-state index in [4.69, 9.17) is 4.42 Å². The molecular formula is C19H19N3O2. The van der Waals surface area contributed by atoms with Crippen molar-refractivity contribution in [1.29, 1.82) is 0 Å². The Balaban J connectivity index is 1.53. The van der Waals surface area contributed by atoms with Gasteiger partial charge in [-0.05, 0) is 25.1 Å². The van der Waals surface area contributed by atoms with Crippen molar-refractivity contribution in [3.8, 4) is 17.3 Å². The second kappa shape index (κ2) is 6.09. The Morgan fingerprint density at radius 1 is 1.29 bits per heavy atom. The zero-order valence-electron chi connectivity index (χ0n) is 13.6. The summed E-state index contributed by atoms with van der Waals surface area (Å²) < 4.78 is 5.37. The standard InChI is InChI=1S/C19H19N3O2/c1-13-4-5-17(23)14(9-13)11-22-7-6-16-15(12-22)10-20-19(21-16)18-3-2-8-24-18/h2-5,8-10,23H,6-7,11-12H2,1H3. The van der Waals surface area contributed by atoms with E-state index in [2.05, 4.69) is 14.9 Å². The van der Waals surface area contributed by atoms with Crippen LogP contribution in [0, 0.1) is 6.92 Å². The number of aromatic nitrogens is 2. The highest BCUT2D eigenvalue weighted by atomic mass is 16.3. The number of benzene rings is 1. The summed E-state index contributed by atoms with van der Waals surface area (Å²) in [5.74, 6) is 1.70. The Hall–Kier alpha value is -2.66. The molecule has 0 atom stereocenters. The van der Waals surface area contributed by atoms with E-state index in [-0.39, 0.29) is 0 Å². The molecule has 0 amide bonds. The van der Waals surface area contributed by atoms with E-state index in [1.54, 1.807) is 12.3 Å². The maximum atomic E-state index is 10.0. The smallest absolute Gasteiger partial charge is 0.195 e.